The molecule has 5 nitrogen and oxygen atoms in total. The molecule has 124 valence electrons. The maximum Gasteiger partial charge on any atom is 0.453 e. The van der Waals surface area contributed by atoms with Crippen molar-refractivity contribution in [1.82, 2.24) is 4.57 Å². The molecule has 0 bridgehead atoms. The highest BCUT2D eigenvalue weighted by atomic mass is 19.4. The highest BCUT2D eigenvalue weighted by Crippen LogP contribution is 2.38. The predicted octanol–water partition coefficient (Wildman–Crippen LogP) is 3.51. The number of halogens is 5. The minimum absolute atomic E-state index is 0.323. The van der Waals surface area contributed by atoms with Gasteiger partial charge in [0.25, 0.3) is 0 Å². The summed E-state index contributed by atoms with van der Waals surface area (Å²) in [5.41, 5.74) is 0.346. The van der Waals surface area contributed by atoms with Crippen LogP contribution in [-0.4, -0.2) is 27.4 Å². The van der Waals surface area contributed by atoms with Gasteiger partial charge >= 0.3 is 17.9 Å². The summed E-state index contributed by atoms with van der Waals surface area (Å²) in [7, 11) is 0. The largest absolute Gasteiger partial charge is 0.453 e. The molecule has 0 saturated carbocycles. The summed E-state index contributed by atoms with van der Waals surface area (Å²) in [6, 6.07) is 1.40. The van der Waals surface area contributed by atoms with Gasteiger partial charge in [-0.05, 0) is 17.4 Å². The van der Waals surface area contributed by atoms with Gasteiger partial charge in [-0.1, -0.05) is 6.92 Å². The van der Waals surface area contributed by atoms with E-state index in [-0.39, 0.29) is 5.82 Å². The van der Waals surface area contributed by atoms with Crippen LogP contribution >= 0.6 is 0 Å². The molecule has 1 rings (SSSR count). The summed E-state index contributed by atoms with van der Waals surface area (Å²) < 4.78 is 62.3. The Kier molecular flexibility index (Phi) is 5.26. The first kappa shape index (κ1) is 18.1. The first-order chi connectivity index (χ1) is 9.99. The SMILES string of the molecule is CCc1ccn(CC(=O)CCC(F)(F)C(F)(F)F)c1[N+](=O)[O-]. The van der Waals surface area contributed by atoms with E-state index in [1.165, 1.54) is 12.3 Å². The molecule has 1 heterocycles. The number of hydrogen-bond donors (Lipinski definition) is 0. The Hall–Kier alpha value is -2.00. The van der Waals surface area contributed by atoms with Gasteiger partial charge in [-0.25, -0.2) is 4.57 Å². The second-order valence-electron chi connectivity index (χ2n) is 4.64. The van der Waals surface area contributed by atoms with Crippen LogP contribution in [0.3, 0.4) is 0 Å². The number of alkyl halides is 5. The topological polar surface area (TPSA) is 65.1 Å². The number of aromatic nitrogens is 1. The number of nitrogens with zero attached hydrogens (tertiary/aromatic N) is 2. The molecule has 0 aliphatic heterocycles. The van der Waals surface area contributed by atoms with Crippen LogP contribution in [-0.2, 0) is 17.8 Å². The molecule has 0 fully saturated rings. The number of hydrogen-bond acceptors (Lipinski definition) is 3. The van der Waals surface area contributed by atoms with Gasteiger partial charge in [-0.2, -0.15) is 22.0 Å². The van der Waals surface area contributed by atoms with Gasteiger partial charge in [0.1, 0.15) is 6.54 Å². The molecule has 0 atom stereocenters. The number of Topliss-reactive ketones (excluding diaryl/α,β-unsaturated/α-hetero) is 1. The molecule has 0 spiro atoms. The first-order valence-corrected chi connectivity index (χ1v) is 6.28. The Morgan fingerprint density at radius 1 is 1.32 bits per heavy atom. The third kappa shape index (κ3) is 4.01. The maximum absolute atomic E-state index is 12.7. The van der Waals surface area contributed by atoms with Crippen molar-refractivity contribution < 1.29 is 31.7 Å². The Labute approximate surface area is 121 Å². The molecule has 0 radical (unpaired) electrons. The second-order valence-corrected chi connectivity index (χ2v) is 4.64. The van der Waals surface area contributed by atoms with Crippen molar-refractivity contribution in [2.75, 3.05) is 0 Å². The van der Waals surface area contributed by atoms with E-state index in [1.807, 2.05) is 0 Å². The van der Waals surface area contributed by atoms with Gasteiger partial charge in [0.2, 0.25) is 0 Å². The zero-order valence-electron chi connectivity index (χ0n) is 11.5. The van der Waals surface area contributed by atoms with Crippen LogP contribution in [0, 0.1) is 10.1 Å². The van der Waals surface area contributed by atoms with E-state index in [0.29, 0.717) is 12.0 Å². The highest BCUT2D eigenvalue weighted by molar-refractivity contribution is 5.78. The van der Waals surface area contributed by atoms with Crippen LogP contribution in [0.2, 0.25) is 0 Å². The van der Waals surface area contributed by atoms with Crippen molar-refractivity contribution in [3.63, 3.8) is 0 Å². The quantitative estimate of drug-likeness (QED) is 0.437. The molecule has 0 N–H and O–H groups in total. The van der Waals surface area contributed by atoms with Gasteiger partial charge in [-0.15, -0.1) is 0 Å². The first-order valence-electron chi connectivity index (χ1n) is 6.28. The number of aryl methyl sites for hydroxylation is 1. The fraction of sp³-hybridized carbons (Fsp3) is 0.583. The van der Waals surface area contributed by atoms with Crippen LogP contribution in [0.15, 0.2) is 12.3 Å². The number of carbonyl (C=O) groups excluding carboxylic acids is 1. The second kappa shape index (κ2) is 6.41. The van der Waals surface area contributed by atoms with Crippen molar-refractivity contribution in [1.29, 1.82) is 0 Å². The third-order valence-electron chi connectivity index (χ3n) is 3.05. The lowest BCUT2D eigenvalue weighted by Crippen LogP contribution is -2.36. The van der Waals surface area contributed by atoms with Gasteiger partial charge in [0.15, 0.2) is 5.78 Å². The van der Waals surface area contributed by atoms with E-state index in [2.05, 4.69) is 0 Å². The number of rotatable bonds is 7. The minimum Gasteiger partial charge on any atom is -0.358 e. The molecule has 0 aromatic carbocycles. The van der Waals surface area contributed by atoms with E-state index in [1.54, 1.807) is 6.92 Å². The Morgan fingerprint density at radius 3 is 2.36 bits per heavy atom. The third-order valence-corrected chi connectivity index (χ3v) is 3.05. The average Bonchev–Trinajstić information content (AvgIpc) is 2.78. The smallest absolute Gasteiger partial charge is 0.358 e. The number of carbonyl (C=O) groups is 1. The number of ketones is 1. The van der Waals surface area contributed by atoms with Crippen molar-refractivity contribution >= 4 is 11.6 Å². The van der Waals surface area contributed by atoms with Gasteiger partial charge < -0.3 is 10.1 Å². The molecule has 22 heavy (non-hydrogen) atoms. The highest BCUT2D eigenvalue weighted by Gasteiger charge is 2.56. The Morgan fingerprint density at radius 2 is 1.91 bits per heavy atom. The van der Waals surface area contributed by atoms with E-state index in [9.17, 15) is 36.9 Å². The minimum atomic E-state index is -5.72. The van der Waals surface area contributed by atoms with Crippen LogP contribution in [0.5, 0.6) is 0 Å². The summed E-state index contributed by atoms with van der Waals surface area (Å²) in [6.45, 7) is 1.03. The Balaban J connectivity index is 2.75. The van der Waals surface area contributed by atoms with E-state index in [0.717, 1.165) is 4.57 Å². The van der Waals surface area contributed by atoms with Crippen molar-refractivity contribution in [2.45, 2.75) is 44.8 Å². The fourth-order valence-electron chi connectivity index (χ4n) is 1.84. The number of nitro groups is 1. The lowest BCUT2D eigenvalue weighted by molar-refractivity contribution is -0.392. The molecular weight excluding hydrogens is 315 g/mol. The predicted molar refractivity (Wildman–Crippen MR) is 65.7 cm³/mol. The van der Waals surface area contributed by atoms with E-state index < -0.39 is 42.2 Å². The van der Waals surface area contributed by atoms with Gasteiger partial charge in [0.05, 0.1) is 6.20 Å². The summed E-state index contributed by atoms with van der Waals surface area (Å²) >= 11 is 0. The summed E-state index contributed by atoms with van der Waals surface area (Å²) in [5.74, 6) is -6.26. The molecule has 1 aromatic rings. The molecule has 10 heteroatoms. The summed E-state index contributed by atoms with van der Waals surface area (Å²) in [6.07, 6.45) is -6.86. The molecule has 1 aromatic heterocycles. The lowest BCUT2D eigenvalue weighted by atomic mass is 10.1. The summed E-state index contributed by atoms with van der Waals surface area (Å²) in [5, 5.41) is 10.9. The van der Waals surface area contributed by atoms with Crippen molar-refractivity contribution in [3.05, 3.63) is 27.9 Å². The Bertz CT molecular complexity index is 566. The monoisotopic (exact) mass is 328 g/mol. The molecule has 0 saturated heterocycles. The average molecular weight is 328 g/mol. The van der Waals surface area contributed by atoms with Gasteiger partial charge in [0, 0.05) is 18.4 Å². The molecular formula is C12H13F5N2O3. The van der Waals surface area contributed by atoms with Crippen LogP contribution in [0.4, 0.5) is 27.8 Å². The van der Waals surface area contributed by atoms with Crippen molar-refractivity contribution in [2.24, 2.45) is 0 Å². The van der Waals surface area contributed by atoms with Crippen molar-refractivity contribution in [3.8, 4) is 0 Å². The fourth-order valence-corrected chi connectivity index (χ4v) is 1.84. The van der Waals surface area contributed by atoms with E-state index in [4.69, 9.17) is 0 Å². The van der Waals surface area contributed by atoms with Gasteiger partial charge in [-0.3, -0.25) is 4.79 Å². The normalized spacial score (nSPS) is 12.5. The molecule has 0 unspecified atom stereocenters. The standard InChI is InChI=1S/C12H13F5N2O3/c1-2-8-4-6-18(10(8)19(21)22)7-9(20)3-5-11(13,14)12(15,16)17/h4,6H,2-3,5,7H2,1H3. The zero-order valence-corrected chi connectivity index (χ0v) is 11.5. The molecule has 0 aliphatic rings. The van der Waals surface area contributed by atoms with E-state index >= 15 is 0 Å². The van der Waals surface area contributed by atoms with Crippen LogP contribution in [0.1, 0.15) is 25.3 Å². The zero-order chi connectivity index (χ0) is 17.1. The van der Waals surface area contributed by atoms with Crippen LogP contribution in [0.25, 0.3) is 0 Å². The lowest BCUT2D eigenvalue weighted by Gasteiger charge is -2.18. The molecule has 0 amide bonds. The molecule has 0 aliphatic carbocycles. The summed E-state index contributed by atoms with van der Waals surface area (Å²) in [4.78, 5) is 21.7. The maximum atomic E-state index is 12.7. The van der Waals surface area contributed by atoms with Crippen LogP contribution < -0.4 is 0 Å².